The monoisotopic (exact) mass is 379 g/mol. The molecule has 1 amide bonds. The van der Waals surface area contributed by atoms with E-state index in [2.05, 4.69) is 6.58 Å². The van der Waals surface area contributed by atoms with E-state index in [4.69, 9.17) is 9.47 Å². The number of carbonyl (C=O) groups is 2. The fourth-order valence-electron chi connectivity index (χ4n) is 3.33. The second kappa shape index (κ2) is 8.00. The summed E-state index contributed by atoms with van der Waals surface area (Å²) < 4.78 is 10.7. The molecule has 1 atom stereocenters. The van der Waals surface area contributed by atoms with E-state index in [1.807, 2.05) is 0 Å². The predicted octanol–water partition coefficient (Wildman–Crippen LogP) is 3.31. The standard InChI is InChI=1S/C22H21NO5/c1-4-12-23-19(16-11-10-15(27-2)13-17(16)28-3)18(21(25)22(23)26)20(24)14-8-6-5-7-9-14/h4-11,13,19,24H,1,12H2,2-3H3/b20-18-. The maximum absolute atomic E-state index is 12.8. The van der Waals surface area contributed by atoms with Gasteiger partial charge in [0.25, 0.3) is 11.7 Å². The number of ether oxygens (including phenoxy) is 2. The van der Waals surface area contributed by atoms with E-state index in [0.29, 0.717) is 22.6 Å². The van der Waals surface area contributed by atoms with Crippen LogP contribution in [0.4, 0.5) is 0 Å². The van der Waals surface area contributed by atoms with Gasteiger partial charge in [0, 0.05) is 23.7 Å². The van der Waals surface area contributed by atoms with E-state index < -0.39 is 17.7 Å². The third-order valence-corrected chi connectivity index (χ3v) is 4.65. The van der Waals surface area contributed by atoms with Gasteiger partial charge in [-0.05, 0) is 12.1 Å². The smallest absolute Gasteiger partial charge is 0.295 e. The summed E-state index contributed by atoms with van der Waals surface area (Å²) in [4.78, 5) is 26.8. The largest absolute Gasteiger partial charge is 0.507 e. The average molecular weight is 379 g/mol. The number of methoxy groups -OCH3 is 2. The van der Waals surface area contributed by atoms with Crippen molar-refractivity contribution in [2.75, 3.05) is 20.8 Å². The Kier molecular flexibility index (Phi) is 5.49. The van der Waals surface area contributed by atoms with Gasteiger partial charge in [0.1, 0.15) is 17.3 Å². The Labute approximate surface area is 163 Å². The number of hydrogen-bond donors (Lipinski definition) is 1. The zero-order chi connectivity index (χ0) is 20.3. The second-order valence-corrected chi connectivity index (χ2v) is 6.21. The average Bonchev–Trinajstić information content (AvgIpc) is 2.98. The molecule has 1 aliphatic heterocycles. The minimum absolute atomic E-state index is 0.0153. The third-order valence-electron chi connectivity index (χ3n) is 4.65. The van der Waals surface area contributed by atoms with Crippen molar-refractivity contribution in [3.63, 3.8) is 0 Å². The van der Waals surface area contributed by atoms with Gasteiger partial charge < -0.3 is 19.5 Å². The molecule has 1 N–H and O–H groups in total. The fraction of sp³-hybridized carbons (Fsp3) is 0.182. The van der Waals surface area contributed by atoms with Gasteiger partial charge in [-0.3, -0.25) is 9.59 Å². The summed E-state index contributed by atoms with van der Waals surface area (Å²) in [6.45, 7) is 3.82. The molecule has 0 saturated carbocycles. The number of ketones is 1. The van der Waals surface area contributed by atoms with E-state index in [-0.39, 0.29) is 17.9 Å². The van der Waals surface area contributed by atoms with Gasteiger partial charge in [-0.1, -0.05) is 36.4 Å². The van der Waals surface area contributed by atoms with Gasteiger partial charge in [0.05, 0.1) is 25.8 Å². The summed E-state index contributed by atoms with van der Waals surface area (Å²) in [5, 5.41) is 10.9. The van der Waals surface area contributed by atoms with Crippen LogP contribution in [-0.4, -0.2) is 42.5 Å². The highest BCUT2D eigenvalue weighted by molar-refractivity contribution is 6.46. The first-order valence-electron chi connectivity index (χ1n) is 8.70. The van der Waals surface area contributed by atoms with E-state index >= 15 is 0 Å². The summed E-state index contributed by atoms with van der Waals surface area (Å²) in [5.74, 6) is -0.650. The molecule has 1 saturated heterocycles. The minimum atomic E-state index is -0.806. The minimum Gasteiger partial charge on any atom is -0.507 e. The van der Waals surface area contributed by atoms with Crippen molar-refractivity contribution in [3.8, 4) is 11.5 Å². The zero-order valence-electron chi connectivity index (χ0n) is 15.7. The molecule has 144 valence electrons. The lowest BCUT2D eigenvalue weighted by atomic mass is 9.94. The van der Waals surface area contributed by atoms with Crippen molar-refractivity contribution < 1.29 is 24.2 Å². The third kappa shape index (κ3) is 3.24. The zero-order valence-corrected chi connectivity index (χ0v) is 15.7. The van der Waals surface area contributed by atoms with Crippen LogP contribution in [0.1, 0.15) is 17.2 Å². The quantitative estimate of drug-likeness (QED) is 0.361. The molecule has 1 fully saturated rings. The van der Waals surface area contributed by atoms with E-state index in [0.717, 1.165) is 0 Å². The van der Waals surface area contributed by atoms with Crippen molar-refractivity contribution in [3.05, 3.63) is 77.9 Å². The molecule has 1 aliphatic rings. The van der Waals surface area contributed by atoms with Gasteiger partial charge in [-0.15, -0.1) is 6.58 Å². The molecule has 2 aromatic rings. The number of nitrogens with zero attached hydrogens (tertiary/aromatic N) is 1. The van der Waals surface area contributed by atoms with Crippen molar-refractivity contribution in [1.82, 2.24) is 4.90 Å². The molecule has 0 aliphatic carbocycles. The van der Waals surface area contributed by atoms with Gasteiger partial charge in [-0.25, -0.2) is 0 Å². The number of rotatable bonds is 6. The van der Waals surface area contributed by atoms with Crippen LogP contribution in [0.15, 0.2) is 66.8 Å². The lowest BCUT2D eigenvalue weighted by Gasteiger charge is -2.25. The predicted molar refractivity (Wildman–Crippen MR) is 105 cm³/mol. The summed E-state index contributed by atoms with van der Waals surface area (Å²) in [7, 11) is 3.03. The molecule has 6 nitrogen and oxygen atoms in total. The number of Topliss-reactive ketones (excluding diaryl/α,β-unsaturated/α-hetero) is 1. The summed E-state index contributed by atoms with van der Waals surface area (Å²) in [5.41, 5.74) is 1.04. The van der Waals surface area contributed by atoms with Gasteiger partial charge >= 0.3 is 0 Å². The topological polar surface area (TPSA) is 76.1 Å². The molecule has 0 spiro atoms. The number of aliphatic hydroxyl groups is 1. The Morgan fingerprint density at radius 3 is 2.46 bits per heavy atom. The van der Waals surface area contributed by atoms with Gasteiger partial charge in [0.2, 0.25) is 0 Å². The second-order valence-electron chi connectivity index (χ2n) is 6.21. The van der Waals surface area contributed by atoms with Crippen LogP contribution in [0, 0.1) is 0 Å². The van der Waals surface area contributed by atoms with Crippen molar-refractivity contribution in [1.29, 1.82) is 0 Å². The molecular weight excluding hydrogens is 358 g/mol. The first kappa shape index (κ1) is 19.2. The normalized spacial score (nSPS) is 18.2. The molecular formula is C22H21NO5. The Morgan fingerprint density at radius 2 is 1.86 bits per heavy atom. The Hall–Kier alpha value is -3.54. The molecule has 0 bridgehead atoms. The summed E-state index contributed by atoms with van der Waals surface area (Å²) >= 11 is 0. The number of hydrogen-bond acceptors (Lipinski definition) is 5. The number of likely N-dealkylation sites (tertiary alicyclic amines) is 1. The number of benzene rings is 2. The Balaban J connectivity index is 2.25. The number of aliphatic hydroxyl groups excluding tert-OH is 1. The molecule has 6 heteroatoms. The van der Waals surface area contributed by atoms with Crippen molar-refractivity contribution in [2.45, 2.75) is 6.04 Å². The van der Waals surface area contributed by atoms with Crippen molar-refractivity contribution >= 4 is 17.4 Å². The number of carbonyl (C=O) groups excluding carboxylic acids is 2. The van der Waals surface area contributed by atoms with Crippen LogP contribution in [0.2, 0.25) is 0 Å². The highest BCUT2D eigenvalue weighted by atomic mass is 16.5. The Bertz CT molecular complexity index is 949. The molecule has 3 rings (SSSR count). The van der Waals surface area contributed by atoms with Crippen LogP contribution in [0.3, 0.4) is 0 Å². The highest BCUT2D eigenvalue weighted by Crippen LogP contribution is 2.43. The Morgan fingerprint density at radius 1 is 1.14 bits per heavy atom. The highest BCUT2D eigenvalue weighted by Gasteiger charge is 2.46. The molecule has 1 heterocycles. The van der Waals surface area contributed by atoms with Crippen LogP contribution in [0.25, 0.3) is 5.76 Å². The van der Waals surface area contributed by atoms with Crippen LogP contribution >= 0.6 is 0 Å². The lowest BCUT2D eigenvalue weighted by molar-refractivity contribution is -0.139. The molecule has 0 radical (unpaired) electrons. The van der Waals surface area contributed by atoms with E-state index in [9.17, 15) is 14.7 Å². The fourth-order valence-corrected chi connectivity index (χ4v) is 3.33. The number of amides is 1. The maximum atomic E-state index is 12.8. The molecule has 28 heavy (non-hydrogen) atoms. The van der Waals surface area contributed by atoms with Crippen LogP contribution in [-0.2, 0) is 9.59 Å². The maximum Gasteiger partial charge on any atom is 0.295 e. The van der Waals surface area contributed by atoms with Crippen LogP contribution < -0.4 is 9.47 Å². The van der Waals surface area contributed by atoms with Crippen molar-refractivity contribution in [2.24, 2.45) is 0 Å². The van der Waals surface area contributed by atoms with E-state index in [1.54, 1.807) is 48.5 Å². The molecule has 2 aromatic carbocycles. The van der Waals surface area contributed by atoms with Gasteiger partial charge in [-0.2, -0.15) is 0 Å². The first-order valence-corrected chi connectivity index (χ1v) is 8.70. The summed E-state index contributed by atoms with van der Waals surface area (Å²) in [6, 6.07) is 13.0. The summed E-state index contributed by atoms with van der Waals surface area (Å²) in [6.07, 6.45) is 1.54. The van der Waals surface area contributed by atoms with Gasteiger partial charge in [0.15, 0.2) is 0 Å². The van der Waals surface area contributed by atoms with E-state index in [1.165, 1.54) is 25.2 Å². The lowest BCUT2D eigenvalue weighted by Crippen LogP contribution is -2.29. The first-order chi connectivity index (χ1) is 13.5. The molecule has 1 unspecified atom stereocenters. The molecule has 0 aromatic heterocycles. The van der Waals surface area contributed by atoms with Crippen LogP contribution in [0.5, 0.6) is 11.5 Å². The SMILES string of the molecule is C=CCN1C(=O)C(=O)/C(=C(\O)c2ccccc2)C1c1ccc(OC)cc1OC.